The van der Waals surface area contributed by atoms with E-state index < -0.39 is 0 Å². The van der Waals surface area contributed by atoms with Crippen molar-refractivity contribution in [3.8, 4) is 0 Å². The first-order valence-electron chi connectivity index (χ1n) is 5.14. The molecule has 0 aliphatic rings. The fourth-order valence-corrected chi connectivity index (χ4v) is 1.43. The molecule has 0 fully saturated rings. The quantitative estimate of drug-likeness (QED) is 0.745. The predicted molar refractivity (Wildman–Crippen MR) is 63.0 cm³/mol. The van der Waals surface area contributed by atoms with Gasteiger partial charge in [-0.25, -0.2) is 0 Å². The summed E-state index contributed by atoms with van der Waals surface area (Å²) in [7, 11) is 1.71. The van der Waals surface area contributed by atoms with Gasteiger partial charge < -0.3 is 11.1 Å². The molecule has 0 unspecified atom stereocenters. The van der Waals surface area contributed by atoms with E-state index in [1.165, 1.54) is 4.68 Å². The van der Waals surface area contributed by atoms with Crippen LogP contribution in [-0.4, -0.2) is 20.9 Å². The van der Waals surface area contributed by atoms with Crippen molar-refractivity contribution >= 4 is 11.6 Å². The highest BCUT2D eigenvalue weighted by molar-refractivity contribution is 5.91. The molecule has 0 radical (unpaired) electrons. The van der Waals surface area contributed by atoms with Gasteiger partial charge in [0, 0.05) is 19.3 Å². The molecule has 0 atom stereocenters. The van der Waals surface area contributed by atoms with Crippen molar-refractivity contribution in [2.75, 3.05) is 5.73 Å². The van der Waals surface area contributed by atoms with E-state index in [0.29, 0.717) is 17.9 Å². The largest absolute Gasteiger partial charge is 0.399 e. The van der Waals surface area contributed by atoms with Crippen LogP contribution in [0.3, 0.4) is 0 Å². The highest BCUT2D eigenvalue weighted by Crippen LogP contribution is 2.06. The molecule has 2 rings (SSSR count). The molecule has 0 saturated carbocycles. The predicted octanol–water partition coefficient (Wildman–Crippen LogP) is 0.327. The molecule has 3 N–H and O–H groups in total. The molecule has 88 valence electrons. The number of anilines is 1. The Morgan fingerprint density at radius 3 is 3.00 bits per heavy atom. The van der Waals surface area contributed by atoms with Gasteiger partial charge in [-0.15, -0.1) is 5.10 Å². The average molecular weight is 231 g/mol. The van der Waals surface area contributed by atoms with Crippen LogP contribution in [0.2, 0.25) is 0 Å². The van der Waals surface area contributed by atoms with Crippen LogP contribution in [0.15, 0.2) is 30.5 Å². The minimum Gasteiger partial charge on any atom is -0.399 e. The maximum absolute atomic E-state index is 11.7. The second-order valence-electron chi connectivity index (χ2n) is 3.71. The van der Waals surface area contributed by atoms with Crippen LogP contribution in [0.5, 0.6) is 0 Å². The van der Waals surface area contributed by atoms with Crippen molar-refractivity contribution in [1.82, 2.24) is 20.3 Å². The van der Waals surface area contributed by atoms with E-state index in [1.807, 2.05) is 18.2 Å². The summed E-state index contributed by atoms with van der Waals surface area (Å²) in [4.78, 5) is 11.7. The SMILES string of the molecule is Cn1cc(C(=O)NCc2cccc(N)c2)nn1. The Labute approximate surface area is 98.4 Å². The highest BCUT2D eigenvalue weighted by Gasteiger charge is 2.08. The second kappa shape index (κ2) is 4.65. The summed E-state index contributed by atoms with van der Waals surface area (Å²) < 4.78 is 1.48. The highest BCUT2D eigenvalue weighted by atomic mass is 16.2. The summed E-state index contributed by atoms with van der Waals surface area (Å²) in [5, 5.41) is 10.2. The van der Waals surface area contributed by atoms with Crippen molar-refractivity contribution in [2.24, 2.45) is 7.05 Å². The van der Waals surface area contributed by atoms with Gasteiger partial charge in [0.05, 0.1) is 6.20 Å². The number of nitrogens with zero attached hydrogens (tertiary/aromatic N) is 3. The Morgan fingerprint density at radius 2 is 2.35 bits per heavy atom. The first kappa shape index (κ1) is 11.1. The van der Waals surface area contributed by atoms with Gasteiger partial charge in [-0.2, -0.15) is 0 Å². The van der Waals surface area contributed by atoms with Gasteiger partial charge in [0.2, 0.25) is 0 Å². The van der Waals surface area contributed by atoms with Gasteiger partial charge in [0.15, 0.2) is 5.69 Å². The Bertz CT molecular complexity index is 534. The summed E-state index contributed by atoms with van der Waals surface area (Å²) in [6.07, 6.45) is 1.56. The summed E-state index contributed by atoms with van der Waals surface area (Å²) in [5.74, 6) is -0.250. The second-order valence-corrected chi connectivity index (χ2v) is 3.71. The minimum atomic E-state index is -0.250. The summed E-state index contributed by atoms with van der Waals surface area (Å²) in [5.41, 5.74) is 7.57. The van der Waals surface area contributed by atoms with Gasteiger partial charge in [-0.1, -0.05) is 17.3 Å². The normalized spacial score (nSPS) is 10.2. The molecule has 6 nitrogen and oxygen atoms in total. The van der Waals surface area contributed by atoms with Crippen LogP contribution in [0, 0.1) is 0 Å². The standard InChI is InChI=1S/C11H13N5O/c1-16-7-10(14-15-16)11(17)13-6-8-3-2-4-9(12)5-8/h2-5,7H,6,12H2,1H3,(H,13,17). The number of carbonyl (C=O) groups excluding carboxylic acids is 1. The van der Waals surface area contributed by atoms with Crippen LogP contribution < -0.4 is 11.1 Å². The minimum absolute atomic E-state index is 0.250. The first-order valence-corrected chi connectivity index (χ1v) is 5.14. The Hall–Kier alpha value is -2.37. The van der Waals surface area contributed by atoms with Crippen molar-refractivity contribution in [1.29, 1.82) is 0 Å². The van der Waals surface area contributed by atoms with E-state index in [1.54, 1.807) is 19.3 Å². The molecule has 1 heterocycles. The van der Waals surface area contributed by atoms with Gasteiger partial charge in [0.25, 0.3) is 5.91 Å². The molecule has 17 heavy (non-hydrogen) atoms. The average Bonchev–Trinajstić information content (AvgIpc) is 2.73. The molecule has 0 aliphatic carbocycles. The molecule has 1 aromatic carbocycles. The lowest BCUT2D eigenvalue weighted by atomic mass is 10.2. The number of carbonyl (C=O) groups is 1. The molecule has 2 aromatic rings. The van der Waals surface area contributed by atoms with E-state index >= 15 is 0 Å². The van der Waals surface area contributed by atoms with E-state index in [2.05, 4.69) is 15.6 Å². The van der Waals surface area contributed by atoms with E-state index in [9.17, 15) is 4.79 Å². The third-order valence-electron chi connectivity index (χ3n) is 2.24. The van der Waals surface area contributed by atoms with Crippen LogP contribution in [0.1, 0.15) is 16.1 Å². The molecular formula is C11H13N5O. The third-order valence-corrected chi connectivity index (χ3v) is 2.24. The van der Waals surface area contributed by atoms with Crippen molar-refractivity contribution < 1.29 is 4.79 Å². The lowest BCUT2D eigenvalue weighted by Crippen LogP contribution is -2.23. The molecule has 0 spiro atoms. The molecule has 6 heteroatoms. The summed E-state index contributed by atoms with van der Waals surface area (Å²) in [6.45, 7) is 0.417. The number of hydrogen-bond donors (Lipinski definition) is 2. The Kier molecular flexibility index (Phi) is 3.04. The molecule has 0 bridgehead atoms. The van der Waals surface area contributed by atoms with Crippen molar-refractivity contribution in [3.63, 3.8) is 0 Å². The Morgan fingerprint density at radius 1 is 1.53 bits per heavy atom. The Balaban J connectivity index is 1.97. The van der Waals surface area contributed by atoms with E-state index in [4.69, 9.17) is 5.73 Å². The first-order chi connectivity index (χ1) is 8.15. The zero-order valence-electron chi connectivity index (χ0n) is 9.42. The number of amides is 1. The van der Waals surface area contributed by atoms with Crippen LogP contribution in [0.25, 0.3) is 0 Å². The monoisotopic (exact) mass is 231 g/mol. The fraction of sp³-hybridized carbons (Fsp3) is 0.182. The topological polar surface area (TPSA) is 85.8 Å². The number of rotatable bonds is 3. The van der Waals surface area contributed by atoms with Gasteiger partial charge in [-0.05, 0) is 17.7 Å². The molecule has 1 amide bonds. The van der Waals surface area contributed by atoms with Gasteiger partial charge in [-0.3, -0.25) is 9.48 Å². The van der Waals surface area contributed by atoms with Crippen LogP contribution in [0.4, 0.5) is 5.69 Å². The smallest absolute Gasteiger partial charge is 0.273 e. The lowest BCUT2D eigenvalue weighted by Gasteiger charge is -2.03. The van der Waals surface area contributed by atoms with Gasteiger partial charge in [0.1, 0.15) is 0 Å². The lowest BCUT2D eigenvalue weighted by molar-refractivity contribution is 0.0946. The number of nitrogens with one attached hydrogen (secondary N) is 1. The number of hydrogen-bond acceptors (Lipinski definition) is 4. The van der Waals surface area contributed by atoms with Crippen molar-refractivity contribution in [2.45, 2.75) is 6.54 Å². The van der Waals surface area contributed by atoms with Gasteiger partial charge >= 0.3 is 0 Å². The maximum Gasteiger partial charge on any atom is 0.273 e. The zero-order valence-corrected chi connectivity index (χ0v) is 9.42. The van der Waals surface area contributed by atoms with Crippen LogP contribution >= 0.6 is 0 Å². The van der Waals surface area contributed by atoms with Crippen LogP contribution in [-0.2, 0) is 13.6 Å². The third kappa shape index (κ3) is 2.81. The van der Waals surface area contributed by atoms with E-state index in [-0.39, 0.29) is 5.91 Å². The van der Waals surface area contributed by atoms with Crippen molar-refractivity contribution in [3.05, 3.63) is 41.7 Å². The molecule has 0 aliphatic heterocycles. The fourth-order valence-electron chi connectivity index (χ4n) is 1.43. The summed E-state index contributed by atoms with van der Waals surface area (Å²) >= 11 is 0. The number of nitrogen functional groups attached to an aromatic ring is 1. The number of nitrogens with two attached hydrogens (primary N) is 1. The zero-order chi connectivity index (χ0) is 12.3. The molecule has 0 saturated heterocycles. The van der Waals surface area contributed by atoms with E-state index in [0.717, 1.165) is 5.56 Å². The number of benzene rings is 1. The molecule has 1 aromatic heterocycles. The number of aromatic nitrogens is 3. The summed E-state index contributed by atoms with van der Waals surface area (Å²) in [6, 6.07) is 7.36. The maximum atomic E-state index is 11.7. The molecular weight excluding hydrogens is 218 g/mol. The number of aryl methyl sites for hydroxylation is 1.